The molecule has 2 fully saturated rings. The Labute approximate surface area is 161 Å². The number of hydrogen-bond donors (Lipinski definition) is 1. The molecular weight excluding hydrogens is 344 g/mol. The maximum Gasteiger partial charge on any atom is 0.226 e. The van der Waals surface area contributed by atoms with Gasteiger partial charge in [0.25, 0.3) is 0 Å². The van der Waals surface area contributed by atoms with Crippen LogP contribution < -0.4 is 10.1 Å². The first-order valence-corrected chi connectivity index (χ1v) is 9.96. The number of ether oxygens (including phenoxy) is 2. The Morgan fingerprint density at radius 3 is 2.78 bits per heavy atom. The number of carbonyl (C=O) groups is 2. The van der Waals surface area contributed by atoms with Crippen molar-refractivity contribution in [2.24, 2.45) is 5.92 Å². The number of nitrogens with zero attached hydrogens (tertiary/aromatic N) is 1. The maximum atomic E-state index is 12.9. The molecule has 27 heavy (non-hydrogen) atoms. The molecule has 0 aromatic heterocycles. The standard InChI is InChI=1S/C21H30N2O4/c1-26-19-10-6-5-9-17(19)14-22-20(24)13-18-15-27-12-11-23(18)21(25)16-7-3-2-4-8-16/h5-6,9-10,16,18H,2-4,7-8,11-15H2,1H3,(H,22,24). The van der Waals surface area contributed by atoms with Gasteiger partial charge < -0.3 is 19.7 Å². The second-order valence-electron chi connectivity index (χ2n) is 7.39. The number of nitrogens with one attached hydrogen (secondary N) is 1. The van der Waals surface area contributed by atoms with Crippen molar-refractivity contribution in [3.8, 4) is 5.75 Å². The number of methoxy groups -OCH3 is 1. The van der Waals surface area contributed by atoms with E-state index in [1.807, 2.05) is 29.2 Å². The molecule has 148 valence electrons. The summed E-state index contributed by atoms with van der Waals surface area (Å²) in [5, 5.41) is 2.95. The van der Waals surface area contributed by atoms with Gasteiger partial charge >= 0.3 is 0 Å². The summed E-state index contributed by atoms with van der Waals surface area (Å²) in [5.74, 6) is 1.02. The van der Waals surface area contributed by atoms with Gasteiger partial charge in [-0.2, -0.15) is 0 Å². The number of benzene rings is 1. The number of hydrogen-bond acceptors (Lipinski definition) is 4. The van der Waals surface area contributed by atoms with Gasteiger partial charge in [0.2, 0.25) is 11.8 Å². The summed E-state index contributed by atoms with van der Waals surface area (Å²) in [5.41, 5.74) is 0.934. The van der Waals surface area contributed by atoms with Crippen LogP contribution in [0.4, 0.5) is 0 Å². The first-order valence-electron chi connectivity index (χ1n) is 9.96. The van der Waals surface area contributed by atoms with Crippen LogP contribution in [0, 0.1) is 5.92 Å². The van der Waals surface area contributed by atoms with Gasteiger partial charge in [0.1, 0.15) is 5.75 Å². The van der Waals surface area contributed by atoms with E-state index in [1.165, 1.54) is 6.42 Å². The predicted molar refractivity (Wildman–Crippen MR) is 102 cm³/mol. The van der Waals surface area contributed by atoms with Crippen LogP contribution in [0.15, 0.2) is 24.3 Å². The molecule has 1 unspecified atom stereocenters. The maximum absolute atomic E-state index is 12.9. The highest BCUT2D eigenvalue weighted by molar-refractivity contribution is 5.81. The molecule has 1 aromatic rings. The minimum absolute atomic E-state index is 0.0714. The Morgan fingerprint density at radius 1 is 1.22 bits per heavy atom. The van der Waals surface area contributed by atoms with Crippen molar-refractivity contribution >= 4 is 11.8 Å². The smallest absolute Gasteiger partial charge is 0.226 e. The average Bonchev–Trinajstić information content (AvgIpc) is 2.73. The monoisotopic (exact) mass is 374 g/mol. The van der Waals surface area contributed by atoms with Gasteiger partial charge in [-0.15, -0.1) is 0 Å². The number of carbonyl (C=O) groups excluding carboxylic acids is 2. The second-order valence-corrected chi connectivity index (χ2v) is 7.39. The Kier molecular flexibility index (Phi) is 7.10. The highest BCUT2D eigenvalue weighted by Crippen LogP contribution is 2.27. The molecule has 0 spiro atoms. The van der Waals surface area contributed by atoms with Crippen molar-refractivity contribution in [1.29, 1.82) is 0 Å². The van der Waals surface area contributed by atoms with Crippen LogP contribution in [0.25, 0.3) is 0 Å². The van der Waals surface area contributed by atoms with Crippen molar-refractivity contribution in [2.45, 2.75) is 51.1 Å². The van der Waals surface area contributed by atoms with Crippen LogP contribution >= 0.6 is 0 Å². The van der Waals surface area contributed by atoms with Crippen LogP contribution in [-0.4, -0.2) is 49.6 Å². The zero-order chi connectivity index (χ0) is 19.1. The van der Waals surface area contributed by atoms with Crippen molar-refractivity contribution in [3.05, 3.63) is 29.8 Å². The molecule has 2 amide bonds. The summed E-state index contributed by atoms with van der Waals surface area (Å²) >= 11 is 0. The van der Waals surface area contributed by atoms with Gasteiger partial charge in [0.15, 0.2) is 0 Å². The van der Waals surface area contributed by atoms with E-state index in [0.29, 0.717) is 26.3 Å². The minimum atomic E-state index is -0.175. The molecule has 1 heterocycles. The van der Waals surface area contributed by atoms with E-state index in [9.17, 15) is 9.59 Å². The van der Waals surface area contributed by atoms with Crippen LogP contribution in [0.2, 0.25) is 0 Å². The third-order valence-electron chi connectivity index (χ3n) is 5.55. The molecule has 0 radical (unpaired) electrons. The number of amides is 2. The zero-order valence-electron chi connectivity index (χ0n) is 16.1. The molecule has 1 atom stereocenters. The third-order valence-corrected chi connectivity index (χ3v) is 5.55. The molecule has 1 aromatic carbocycles. The van der Waals surface area contributed by atoms with Gasteiger partial charge in [0.05, 0.1) is 26.4 Å². The van der Waals surface area contributed by atoms with E-state index in [2.05, 4.69) is 5.32 Å². The molecule has 1 N–H and O–H groups in total. The predicted octanol–water partition coefficient (Wildman–Crippen LogP) is 2.51. The van der Waals surface area contributed by atoms with Crippen molar-refractivity contribution in [3.63, 3.8) is 0 Å². The lowest BCUT2D eigenvalue weighted by atomic mass is 9.87. The summed E-state index contributed by atoms with van der Waals surface area (Å²) < 4.78 is 10.9. The van der Waals surface area contributed by atoms with Crippen LogP contribution in [-0.2, 0) is 20.9 Å². The quantitative estimate of drug-likeness (QED) is 0.831. The Morgan fingerprint density at radius 2 is 2.00 bits per heavy atom. The molecule has 1 aliphatic carbocycles. The lowest BCUT2D eigenvalue weighted by molar-refractivity contribution is -0.146. The summed E-state index contributed by atoms with van der Waals surface area (Å²) in [7, 11) is 1.62. The minimum Gasteiger partial charge on any atom is -0.496 e. The van der Waals surface area contributed by atoms with Crippen LogP contribution in [0.5, 0.6) is 5.75 Å². The van der Waals surface area contributed by atoms with E-state index in [4.69, 9.17) is 9.47 Å². The highest BCUT2D eigenvalue weighted by Gasteiger charge is 2.33. The molecule has 0 bridgehead atoms. The average molecular weight is 374 g/mol. The van der Waals surface area contributed by atoms with Crippen LogP contribution in [0.1, 0.15) is 44.1 Å². The second kappa shape index (κ2) is 9.74. The van der Waals surface area contributed by atoms with E-state index < -0.39 is 0 Å². The first kappa shape index (κ1) is 19.7. The van der Waals surface area contributed by atoms with Gasteiger partial charge in [-0.05, 0) is 18.9 Å². The van der Waals surface area contributed by atoms with Gasteiger partial charge in [-0.3, -0.25) is 9.59 Å². The van der Waals surface area contributed by atoms with E-state index >= 15 is 0 Å². The fourth-order valence-electron chi connectivity index (χ4n) is 4.03. The van der Waals surface area contributed by atoms with Gasteiger partial charge in [0, 0.05) is 31.0 Å². The summed E-state index contributed by atoms with van der Waals surface area (Å²) in [4.78, 5) is 27.3. The molecule has 6 heteroatoms. The molecule has 6 nitrogen and oxygen atoms in total. The zero-order valence-corrected chi connectivity index (χ0v) is 16.1. The summed E-state index contributed by atoms with van der Waals surface area (Å²) in [6, 6.07) is 7.45. The summed E-state index contributed by atoms with van der Waals surface area (Å²) in [6.07, 6.45) is 5.71. The number of rotatable bonds is 6. The van der Waals surface area contributed by atoms with Crippen molar-refractivity contribution < 1.29 is 19.1 Å². The molecular formula is C21H30N2O4. The van der Waals surface area contributed by atoms with E-state index in [-0.39, 0.29) is 30.2 Å². The van der Waals surface area contributed by atoms with Crippen molar-refractivity contribution in [2.75, 3.05) is 26.9 Å². The SMILES string of the molecule is COc1ccccc1CNC(=O)CC1COCCN1C(=O)C1CCCCC1. The Hall–Kier alpha value is -2.08. The van der Waals surface area contributed by atoms with E-state index in [0.717, 1.165) is 37.0 Å². The number of para-hydroxylation sites is 1. The molecule has 1 saturated heterocycles. The fraction of sp³-hybridized carbons (Fsp3) is 0.619. The third kappa shape index (κ3) is 5.22. The highest BCUT2D eigenvalue weighted by atomic mass is 16.5. The molecule has 1 saturated carbocycles. The Bertz CT molecular complexity index is 643. The lowest BCUT2D eigenvalue weighted by Crippen LogP contribution is -2.52. The Balaban J connectivity index is 1.55. The van der Waals surface area contributed by atoms with Crippen LogP contribution in [0.3, 0.4) is 0 Å². The molecule has 3 rings (SSSR count). The fourth-order valence-corrected chi connectivity index (χ4v) is 4.03. The summed E-state index contributed by atoms with van der Waals surface area (Å²) in [6.45, 7) is 1.98. The van der Waals surface area contributed by atoms with E-state index in [1.54, 1.807) is 7.11 Å². The first-order chi connectivity index (χ1) is 13.2. The van der Waals surface area contributed by atoms with Crippen molar-refractivity contribution in [1.82, 2.24) is 10.2 Å². The topological polar surface area (TPSA) is 67.9 Å². The number of morpholine rings is 1. The van der Waals surface area contributed by atoms with Gasteiger partial charge in [-0.25, -0.2) is 0 Å². The molecule has 1 aliphatic heterocycles. The van der Waals surface area contributed by atoms with Gasteiger partial charge in [-0.1, -0.05) is 37.5 Å². The molecule has 2 aliphatic rings. The lowest BCUT2D eigenvalue weighted by Gasteiger charge is -2.38. The normalized spacial score (nSPS) is 20.9. The largest absolute Gasteiger partial charge is 0.496 e.